The lowest BCUT2D eigenvalue weighted by atomic mass is 9.99. The predicted molar refractivity (Wildman–Crippen MR) is 95.2 cm³/mol. The van der Waals surface area contributed by atoms with E-state index in [-0.39, 0.29) is 18.5 Å². The summed E-state index contributed by atoms with van der Waals surface area (Å²) in [5, 5.41) is 39.0. The summed E-state index contributed by atoms with van der Waals surface area (Å²) in [6.07, 6.45) is 0.207. The van der Waals surface area contributed by atoms with Crippen LogP contribution >= 0.6 is 0 Å². The molecule has 1 fully saturated rings. The molecule has 2 aromatic heterocycles. The van der Waals surface area contributed by atoms with Crippen molar-refractivity contribution in [3.63, 3.8) is 0 Å². The van der Waals surface area contributed by atoms with Crippen LogP contribution < -0.4 is 11.5 Å². The summed E-state index contributed by atoms with van der Waals surface area (Å²) in [4.78, 5) is 12.1. The zero-order valence-corrected chi connectivity index (χ0v) is 14.8. The van der Waals surface area contributed by atoms with Gasteiger partial charge >= 0.3 is 0 Å². The minimum Gasteiger partial charge on any atom is -0.394 e. The summed E-state index contributed by atoms with van der Waals surface area (Å²) in [6.45, 7) is -0.277. The summed E-state index contributed by atoms with van der Waals surface area (Å²) in [5.74, 6) is 0.218. The Bertz CT molecular complexity index is 758. The van der Waals surface area contributed by atoms with Crippen molar-refractivity contribution in [2.24, 2.45) is 5.73 Å². The van der Waals surface area contributed by atoms with Crippen molar-refractivity contribution in [3.8, 4) is 0 Å². The molecule has 27 heavy (non-hydrogen) atoms. The van der Waals surface area contributed by atoms with Gasteiger partial charge in [0.2, 0.25) is 0 Å². The molecule has 11 heteroatoms. The molecule has 1 saturated heterocycles. The fourth-order valence-corrected chi connectivity index (χ4v) is 3.33. The van der Waals surface area contributed by atoms with E-state index in [0.717, 1.165) is 0 Å². The maximum atomic E-state index is 10.4. The second kappa shape index (κ2) is 8.42. The number of aliphatic hydroxyl groups is 4. The van der Waals surface area contributed by atoms with Crippen LogP contribution in [0.1, 0.15) is 31.9 Å². The molecule has 6 atom stereocenters. The van der Waals surface area contributed by atoms with Crippen LogP contribution in [-0.2, 0) is 4.74 Å². The van der Waals surface area contributed by atoms with E-state index in [1.165, 1.54) is 17.2 Å². The number of ether oxygens (including phenoxy) is 1. The van der Waals surface area contributed by atoms with Crippen LogP contribution in [0.25, 0.3) is 11.2 Å². The fourth-order valence-electron chi connectivity index (χ4n) is 3.33. The summed E-state index contributed by atoms with van der Waals surface area (Å²) in [6, 6.07) is -0.279. The standard InChI is InChI=1S/C16H26N6O5/c17-8(2-1-3-9(24)5-23)4-10-12(25)13(26)16(27-10)22-7-21-11-14(18)19-6-20-15(11)22/h6-10,12-13,16,23-26H,1-5,17H2,(H2,18,19,20). The van der Waals surface area contributed by atoms with Crippen LogP contribution in [0.15, 0.2) is 12.7 Å². The van der Waals surface area contributed by atoms with Crippen molar-refractivity contribution >= 4 is 17.0 Å². The highest BCUT2D eigenvalue weighted by Crippen LogP contribution is 2.33. The Kier molecular flexibility index (Phi) is 6.19. The van der Waals surface area contributed by atoms with E-state index in [2.05, 4.69) is 15.0 Å². The summed E-state index contributed by atoms with van der Waals surface area (Å²) < 4.78 is 7.37. The maximum absolute atomic E-state index is 10.4. The lowest BCUT2D eigenvalue weighted by Gasteiger charge is -2.19. The number of fused-ring (bicyclic) bond motifs is 1. The van der Waals surface area contributed by atoms with Crippen LogP contribution in [-0.4, -0.2) is 77.0 Å². The number of aromatic nitrogens is 4. The zero-order valence-electron chi connectivity index (χ0n) is 14.8. The van der Waals surface area contributed by atoms with Crippen molar-refractivity contribution in [1.29, 1.82) is 0 Å². The van der Waals surface area contributed by atoms with Crippen molar-refractivity contribution < 1.29 is 25.2 Å². The molecule has 3 rings (SSSR count). The molecule has 0 amide bonds. The molecule has 1 aliphatic heterocycles. The van der Waals surface area contributed by atoms with Gasteiger partial charge in [-0.2, -0.15) is 0 Å². The predicted octanol–water partition coefficient (Wildman–Crippen LogP) is -1.73. The highest BCUT2D eigenvalue weighted by Gasteiger charge is 2.44. The molecule has 8 N–H and O–H groups in total. The Morgan fingerprint density at radius 1 is 1.19 bits per heavy atom. The van der Waals surface area contributed by atoms with Crippen LogP contribution in [0.4, 0.5) is 5.82 Å². The van der Waals surface area contributed by atoms with Crippen molar-refractivity contribution in [2.45, 2.75) is 62.4 Å². The minimum absolute atomic E-state index is 0.218. The third-order valence-electron chi connectivity index (χ3n) is 4.86. The first-order chi connectivity index (χ1) is 12.9. The Morgan fingerprint density at radius 2 is 1.96 bits per heavy atom. The molecule has 2 aromatic rings. The van der Waals surface area contributed by atoms with E-state index in [0.29, 0.717) is 36.8 Å². The van der Waals surface area contributed by atoms with Gasteiger partial charge in [-0.15, -0.1) is 0 Å². The topological polar surface area (TPSA) is 186 Å². The molecule has 0 aliphatic carbocycles. The van der Waals surface area contributed by atoms with Crippen LogP contribution in [0, 0.1) is 0 Å². The molecule has 0 aromatic carbocycles. The molecule has 3 heterocycles. The highest BCUT2D eigenvalue weighted by molar-refractivity contribution is 5.81. The molecule has 0 saturated carbocycles. The molecule has 0 spiro atoms. The third-order valence-corrected chi connectivity index (χ3v) is 4.86. The first-order valence-corrected chi connectivity index (χ1v) is 8.91. The second-order valence-corrected chi connectivity index (χ2v) is 6.89. The number of nitrogens with zero attached hydrogens (tertiary/aromatic N) is 4. The summed E-state index contributed by atoms with van der Waals surface area (Å²) >= 11 is 0. The van der Waals surface area contributed by atoms with Crippen molar-refractivity contribution in [3.05, 3.63) is 12.7 Å². The van der Waals surface area contributed by atoms with Crippen LogP contribution in [0.2, 0.25) is 0 Å². The van der Waals surface area contributed by atoms with Gasteiger partial charge < -0.3 is 36.6 Å². The van der Waals surface area contributed by atoms with E-state index in [4.69, 9.17) is 21.3 Å². The Hall–Kier alpha value is -1.89. The quantitative estimate of drug-likeness (QED) is 0.306. The van der Waals surface area contributed by atoms with Gasteiger partial charge in [-0.05, 0) is 25.7 Å². The van der Waals surface area contributed by atoms with Gasteiger partial charge in [0.15, 0.2) is 17.7 Å². The Balaban J connectivity index is 1.64. The maximum Gasteiger partial charge on any atom is 0.167 e. The van der Waals surface area contributed by atoms with Gasteiger partial charge in [-0.1, -0.05) is 0 Å². The highest BCUT2D eigenvalue weighted by atomic mass is 16.6. The smallest absolute Gasteiger partial charge is 0.167 e. The normalized spacial score (nSPS) is 27.9. The fraction of sp³-hybridized carbons (Fsp3) is 0.688. The Morgan fingerprint density at radius 3 is 2.70 bits per heavy atom. The van der Waals surface area contributed by atoms with Crippen LogP contribution in [0.3, 0.4) is 0 Å². The van der Waals surface area contributed by atoms with Gasteiger partial charge in [0.25, 0.3) is 0 Å². The van der Waals surface area contributed by atoms with Crippen molar-refractivity contribution in [1.82, 2.24) is 19.5 Å². The molecular formula is C16H26N6O5. The van der Waals surface area contributed by atoms with Gasteiger partial charge in [-0.3, -0.25) is 4.57 Å². The largest absolute Gasteiger partial charge is 0.394 e. The van der Waals surface area contributed by atoms with E-state index in [1.54, 1.807) is 0 Å². The number of anilines is 1. The number of nitrogens with two attached hydrogens (primary N) is 2. The first-order valence-electron chi connectivity index (χ1n) is 8.91. The molecule has 150 valence electrons. The first kappa shape index (κ1) is 19.9. The number of hydrogen-bond donors (Lipinski definition) is 6. The number of rotatable bonds is 8. The molecule has 11 nitrogen and oxygen atoms in total. The van der Waals surface area contributed by atoms with Gasteiger partial charge in [0.05, 0.1) is 25.1 Å². The average molecular weight is 382 g/mol. The third kappa shape index (κ3) is 4.18. The minimum atomic E-state index is -1.17. The molecule has 6 unspecified atom stereocenters. The van der Waals surface area contributed by atoms with E-state index >= 15 is 0 Å². The van der Waals surface area contributed by atoms with Gasteiger partial charge in [0.1, 0.15) is 24.1 Å². The van der Waals surface area contributed by atoms with E-state index < -0.39 is 30.6 Å². The van der Waals surface area contributed by atoms with Crippen LogP contribution in [0.5, 0.6) is 0 Å². The summed E-state index contributed by atoms with van der Waals surface area (Å²) in [7, 11) is 0. The number of aliphatic hydroxyl groups excluding tert-OH is 4. The number of hydrogen-bond acceptors (Lipinski definition) is 10. The molecule has 1 aliphatic rings. The summed E-state index contributed by atoms with van der Waals surface area (Å²) in [5.41, 5.74) is 12.7. The molecular weight excluding hydrogens is 356 g/mol. The molecule has 0 radical (unpaired) electrons. The van der Waals surface area contributed by atoms with Gasteiger partial charge in [-0.25, -0.2) is 15.0 Å². The lowest BCUT2D eigenvalue weighted by Crippen LogP contribution is -2.35. The van der Waals surface area contributed by atoms with Gasteiger partial charge in [0, 0.05) is 6.04 Å². The zero-order chi connectivity index (χ0) is 19.6. The second-order valence-electron chi connectivity index (χ2n) is 6.89. The Labute approximate surface area is 155 Å². The SMILES string of the molecule is Nc1ncnc2c1ncn2C1OC(CC(N)CCCC(O)CO)C(O)C1O. The number of imidazole rings is 1. The monoisotopic (exact) mass is 382 g/mol. The number of nitrogen functional groups attached to an aromatic ring is 1. The van der Waals surface area contributed by atoms with Crippen molar-refractivity contribution in [2.75, 3.05) is 12.3 Å². The lowest BCUT2D eigenvalue weighted by molar-refractivity contribution is -0.0388. The van der Waals surface area contributed by atoms with E-state index in [1.807, 2.05) is 0 Å². The average Bonchev–Trinajstić information content (AvgIpc) is 3.19. The molecule has 0 bridgehead atoms. The van der Waals surface area contributed by atoms with E-state index in [9.17, 15) is 15.3 Å².